The van der Waals surface area contributed by atoms with Crippen molar-refractivity contribution < 1.29 is 4.74 Å². The molecule has 0 aliphatic carbocycles. The van der Waals surface area contributed by atoms with Gasteiger partial charge in [0.25, 0.3) is 0 Å². The third-order valence-electron chi connectivity index (χ3n) is 4.45. The van der Waals surface area contributed by atoms with Crippen LogP contribution in [0.1, 0.15) is 23.0 Å². The van der Waals surface area contributed by atoms with Crippen LogP contribution >= 0.6 is 0 Å². The van der Waals surface area contributed by atoms with Crippen molar-refractivity contribution in [3.63, 3.8) is 0 Å². The van der Waals surface area contributed by atoms with E-state index in [-0.39, 0.29) is 5.92 Å². The molecule has 1 atom stereocenters. The Morgan fingerprint density at radius 2 is 1.78 bits per heavy atom. The van der Waals surface area contributed by atoms with Crippen LogP contribution < -0.4 is 10.5 Å². The maximum atomic E-state index is 6.07. The van der Waals surface area contributed by atoms with Crippen LogP contribution in [0, 0.1) is 0 Å². The van der Waals surface area contributed by atoms with E-state index in [4.69, 9.17) is 20.4 Å². The largest absolute Gasteiger partial charge is 0.497 e. The maximum absolute atomic E-state index is 6.07. The predicted molar refractivity (Wildman–Crippen MR) is 112 cm³/mol. The summed E-state index contributed by atoms with van der Waals surface area (Å²) in [4.78, 5) is 11.7. The number of hydrogen-bond donors (Lipinski definition) is 1. The van der Waals surface area contributed by atoms with Gasteiger partial charge in [-0.05, 0) is 43.9 Å². The second-order valence-electron chi connectivity index (χ2n) is 6.79. The molecule has 1 heterocycles. The predicted octanol–water partition coefficient (Wildman–Crippen LogP) is 3.41. The number of methoxy groups -OCH3 is 1. The summed E-state index contributed by atoms with van der Waals surface area (Å²) in [6, 6.07) is 16.0. The van der Waals surface area contributed by atoms with Crippen molar-refractivity contribution >= 4 is 23.1 Å². The van der Waals surface area contributed by atoms with Gasteiger partial charge >= 0.3 is 0 Å². The number of nitrogens with two attached hydrogens (primary N) is 1. The fraction of sp³-hybridized carbons (Fsp3) is 0.273. The Labute approximate surface area is 160 Å². The van der Waals surface area contributed by atoms with Crippen molar-refractivity contribution in [1.82, 2.24) is 14.9 Å². The highest BCUT2D eigenvalue weighted by Gasteiger charge is 2.17. The average Bonchev–Trinajstić information content (AvgIpc) is 2.70. The summed E-state index contributed by atoms with van der Waals surface area (Å²) in [6.45, 7) is 1.39. The van der Waals surface area contributed by atoms with E-state index in [9.17, 15) is 0 Å². The summed E-state index contributed by atoms with van der Waals surface area (Å²) >= 11 is 0. The summed E-state index contributed by atoms with van der Waals surface area (Å²) in [5.74, 6) is 1.68. The molecule has 0 bridgehead atoms. The van der Waals surface area contributed by atoms with Crippen molar-refractivity contribution in [2.24, 2.45) is 5.73 Å². The fourth-order valence-corrected chi connectivity index (χ4v) is 3.10. The molecule has 5 heteroatoms. The quantitative estimate of drug-likeness (QED) is 0.698. The number of rotatable bonds is 7. The monoisotopic (exact) mass is 362 g/mol. The van der Waals surface area contributed by atoms with Gasteiger partial charge in [-0.15, -0.1) is 0 Å². The second-order valence-corrected chi connectivity index (χ2v) is 6.79. The summed E-state index contributed by atoms with van der Waals surface area (Å²) in [7, 11) is 5.77. The van der Waals surface area contributed by atoms with E-state index in [1.54, 1.807) is 7.11 Å². The lowest BCUT2D eigenvalue weighted by atomic mass is 10.00. The van der Waals surface area contributed by atoms with Gasteiger partial charge in [0, 0.05) is 24.4 Å². The van der Waals surface area contributed by atoms with Gasteiger partial charge in [0.05, 0.1) is 18.3 Å². The van der Waals surface area contributed by atoms with Crippen molar-refractivity contribution in [2.75, 3.05) is 34.3 Å². The Kier molecular flexibility index (Phi) is 6.16. The van der Waals surface area contributed by atoms with E-state index in [0.29, 0.717) is 12.4 Å². The third kappa shape index (κ3) is 4.70. The Hall–Kier alpha value is -2.76. The molecule has 0 unspecified atom stereocenters. The molecule has 3 aromatic rings. The van der Waals surface area contributed by atoms with Gasteiger partial charge in [-0.2, -0.15) is 0 Å². The van der Waals surface area contributed by atoms with Crippen LogP contribution in [0.4, 0.5) is 0 Å². The molecule has 5 nitrogen and oxygen atoms in total. The lowest BCUT2D eigenvalue weighted by molar-refractivity contribution is 0.373. The highest BCUT2D eigenvalue weighted by atomic mass is 16.5. The maximum Gasteiger partial charge on any atom is 0.152 e. The number of likely N-dealkylation sites (N-methyl/N-ethyl adjacent to an activating group) is 1. The molecular formula is C22H26N4O. The smallest absolute Gasteiger partial charge is 0.152 e. The van der Waals surface area contributed by atoms with Crippen molar-refractivity contribution in [1.29, 1.82) is 0 Å². The van der Waals surface area contributed by atoms with Crippen LogP contribution in [0.3, 0.4) is 0 Å². The van der Waals surface area contributed by atoms with Crippen LogP contribution in [-0.4, -0.2) is 49.2 Å². The van der Waals surface area contributed by atoms with Crippen LogP contribution in [0.25, 0.3) is 23.1 Å². The third-order valence-corrected chi connectivity index (χ3v) is 4.45. The zero-order chi connectivity index (χ0) is 19.2. The number of para-hydroxylation sites is 1. The summed E-state index contributed by atoms with van der Waals surface area (Å²) in [6.07, 6.45) is 3.96. The first kappa shape index (κ1) is 19.0. The van der Waals surface area contributed by atoms with Crippen LogP contribution in [0.5, 0.6) is 5.75 Å². The summed E-state index contributed by atoms with van der Waals surface area (Å²) < 4.78 is 5.20. The Bertz CT molecular complexity index is 919. The molecule has 2 N–H and O–H groups in total. The number of hydrogen-bond acceptors (Lipinski definition) is 5. The van der Waals surface area contributed by atoms with E-state index in [1.165, 1.54) is 0 Å². The van der Waals surface area contributed by atoms with Crippen LogP contribution in [-0.2, 0) is 0 Å². The van der Waals surface area contributed by atoms with Gasteiger partial charge in [0.2, 0.25) is 0 Å². The lowest BCUT2D eigenvalue weighted by Gasteiger charge is -2.20. The molecule has 0 aliphatic rings. The molecule has 0 saturated carbocycles. The molecule has 3 rings (SSSR count). The van der Waals surface area contributed by atoms with E-state index < -0.39 is 0 Å². The van der Waals surface area contributed by atoms with Gasteiger partial charge < -0.3 is 15.4 Å². The first-order chi connectivity index (χ1) is 13.1. The van der Waals surface area contributed by atoms with Gasteiger partial charge in [-0.1, -0.05) is 36.4 Å². The van der Waals surface area contributed by atoms with Crippen LogP contribution in [0.2, 0.25) is 0 Å². The summed E-state index contributed by atoms with van der Waals surface area (Å²) in [5.41, 5.74) is 9.08. The second kappa shape index (κ2) is 8.75. The number of nitrogens with zero attached hydrogens (tertiary/aromatic N) is 3. The van der Waals surface area contributed by atoms with E-state index >= 15 is 0 Å². The number of benzene rings is 2. The van der Waals surface area contributed by atoms with Gasteiger partial charge in [0.15, 0.2) is 5.82 Å². The van der Waals surface area contributed by atoms with Crippen LogP contribution in [0.15, 0.2) is 48.5 Å². The zero-order valence-corrected chi connectivity index (χ0v) is 16.1. The first-order valence-electron chi connectivity index (χ1n) is 9.04. The highest BCUT2D eigenvalue weighted by Crippen LogP contribution is 2.24. The minimum Gasteiger partial charge on any atom is -0.497 e. The Morgan fingerprint density at radius 3 is 2.44 bits per heavy atom. The first-order valence-corrected chi connectivity index (χ1v) is 9.04. The molecular weight excluding hydrogens is 336 g/mol. The molecule has 0 saturated heterocycles. The fourth-order valence-electron chi connectivity index (χ4n) is 3.10. The lowest BCUT2D eigenvalue weighted by Crippen LogP contribution is -2.27. The Morgan fingerprint density at radius 1 is 1.04 bits per heavy atom. The molecule has 0 fully saturated rings. The Balaban J connectivity index is 1.99. The van der Waals surface area contributed by atoms with Gasteiger partial charge in [-0.3, -0.25) is 0 Å². The standard InChI is InChI=1S/C22H26N4O/c1-26(2)15-17(14-23)22-19-6-4-5-7-20(19)24-21(25-22)13-10-16-8-11-18(27-3)12-9-16/h4-13,17H,14-15,23H2,1-3H3/b13-10+/t17-/m1/s1. The highest BCUT2D eigenvalue weighted by molar-refractivity contribution is 5.83. The molecule has 0 radical (unpaired) electrons. The molecule has 1 aromatic heterocycles. The molecule has 2 aromatic carbocycles. The van der Waals surface area contributed by atoms with E-state index in [1.807, 2.05) is 54.6 Å². The van der Waals surface area contributed by atoms with Crippen molar-refractivity contribution in [3.05, 3.63) is 65.6 Å². The SMILES string of the molecule is COc1ccc(/C=C/c2nc([C@H](CN)CN(C)C)c3ccccc3n2)cc1. The van der Waals surface area contributed by atoms with E-state index in [0.717, 1.165) is 34.5 Å². The van der Waals surface area contributed by atoms with Crippen molar-refractivity contribution in [3.8, 4) is 5.75 Å². The zero-order valence-electron chi connectivity index (χ0n) is 16.1. The van der Waals surface area contributed by atoms with Gasteiger partial charge in [-0.25, -0.2) is 9.97 Å². The molecule has 0 spiro atoms. The topological polar surface area (TPSA) is 64.3 Å². The number of fused-ring (bicyclic) bond motifs is 1. The van der Waals surface area contributed by atoms with E-state index in [2.05, 4.69) is 25.1 Å². The number of ether oxygens (including phenoxy) is 1. The number of aromatic nitrogens is 2. The van der Waals surface area contributed by atoms with Crippen molar-refractivity contribution in [2.45, 2.75) is 5.92 Å². The minimum atomic E-state index is 0.154. The molecule has 27 heavy (non-hydrogen) atoms. The summed E-state index contributed by atoms with van der Waals surface area (Å²) in [5, 5.41) is 1.07. The molecule has 0 aliphatic heterocycles. The average molecular weight is 362 g/mol. The normalized spacial score (nSPS) is 12.8. The molecule has 140 valence electrons. The minimum absolute atomic E-state index is 0.154. The van der Waals surface area contributed by atoms with Gasteiger partial charge in [0.1, 0.15) is 5.75 Å². The molecule has 0 amide bonds.